The number of nitrogens with one attached hydrogen (secondary N) is 1. The van der Waals surface area contributed by atoms with Crippen LogP contribution in [0.3, 0.4) is 0 Å². The van der Waals surface area contributed by atoms with E-state index in [9.17, 15) is 14.4 Å². The minimum atomic E-state index is -0.284. The predicted molar refractivity (Wildman–Crippen MR) is 182 cm³/mol. The largest absolute Gasteiger partial charge is 0.469 e. The third kappa shape index (κ3) is 7.72. The quantitative estimate of drug-likeness (QED) is 0.263. The maximum absolute atomic E-state index is 13.3. The van der Waals surface area contributed by atoms with E-state index in [2.05, 4.69) is 41.2 Å². The average Bonchev–Trinajstić information content (AvgIpc) is 3.40. The van der Waals surface area contributed by atoms with E-state index in [0.29, 0.717) is 48.0 Å². The second-order valence-corrected chi connectivity index (χ2v) is 12.0. The molecule has 3 aromatic carbocycles. The van der Waals surface area contributed by atoms with Crippen LogP contribution >= 0.6 is 0 Å². The molecule has 2 amide bonds. The second-order valence-electron chi connectivity index (χ2n) is 12.0. The molecule has 9 nitrogen and oxygen atoms in total. The Kier molecular flexibility index (Phi) is 10.6. The highest BCUT2D eigenvalue weighted by Crippen LogP contribution is 2.35. The number of aliphatic imine (C=N–C) groups is 1. The summed E-state index contributed by atoms with van der Waals surface area (Å²) in [6.07, 6.45) is 3.85. The van der Waals surface area contributed by atoms with Crippen molar-refractivity contribution in [2.24, 2.45) is 16.6 Å². The molecule has 2 aliphatic heterocycles. The highest BCUT2D eigenvalue weighted by molar-refractivity contribution is 6.08. The van der Waals surface area contributed by atoms with E-state index in [0.717, 1.165) is 37.1 Å². The molecule has 2 aliphatic rings. The van der Waals surface area contributed by atoms with Gasteiger partial charge in [0.1, 0.15) is 5.84 Å². The van der Waals surface area contributed by atoms with E-state index >= 15 is 0 Å². The second kappa shape index (κ2) is 15.0. The number of likely N-dealkylation sites (tertiary alicyclic amines) is 1. The van der Waals surface area contributed by atoms with Crippen molar-refractivity contribution in [3.63, 3.8) is 0 Å². The molecule has 9 heteroatoms. The number of hydrogen-bond donors (Lipinski definition) is 2. The first-order valence-electron chi connectivity index (χ1n) is 16.0. The van der Waals surface area contributed by atoms with Crippen molar-refractivity contribution in [1.29, 1.82) is 0 Å². The lowest BCUT2D eigenvalue weighted by atomic mass is 9.89. The molecule has 0 bridgehead atoms. The van der Waals surface area contributed by atoms with Gasteiger partial charge in [-0.1, -0.05) is 62.4 Å². The van der Waals surface area contributed by atoms with E-state index in [4.69, 9.17) is 10.5 Å². The number of ether oxygens (including phenoxy) is 1. The fourth-order valence-electron chi connectivity index (χ4n) is 6.33. The number of benzene rings is 3. The number of methoxy groups -OCH3 is 1. The van der Waals surface area contributed by atoms with Gasteiger partial charge < -0.3 is 20.7 Å². The molecule has 0 aliphatic carbocycles. The monoisotopic (exact) mass is 621 g/mol. The molecular weight excluding hydrogens is 578 g/mol. The summed E-state index contributed by atoms with van der Waals surface area (Å²) in [5.74, 6) is -0.482. The Morgan fingerprint density at radius 2 is 1.70 bits per heavy atom. The van der Waals surface area contributed by atoms with E-state index < -0.39 is 0 Å². The third-order valence-corrected chi connectivity index (χ3v) is 8.55. The molecule has 1 saturated heterocycles. The fourth-order valence-corrected chi connectivity index (χ4v) is 6.33. The first-order valence-corrected chi connectivity index (χ1v) is 16.0. The van der Waals surface area contributed by atoms with Crippen LogP contribution in [-0.4, -0.2) is 66.7 Å². The molecule has 46 heavy (non-hydrogen) atoms. The Hall–Kier alpha value is -4.76. The zero-order valence-corrected chi connectivity index (χ0v) is 26.9. The first kappa shape index (κ1) is 32.6. The van der Waals surface area contributed by atoms with Crippen molar-refractivity contribution in [3.8, 4) is 0 Å². The maximum atomic E-state index is 13.3. The number of hydrogen-bond acceptors (Lipinski definition) is 7. The summed E-state index contributed by atoms with van der Waals surface area (Å²) < 4.78 is 5.15. The van der Waals surface area contributed by atoms with Gasteiger partial charge in [-0.3, -0.25) is 19.3 Å². The van der Waals surface area contributed by atoms with Crippen LogP contribution in [0.5, 0.6) is 0 Å². The van der Waals surface area contributed by atoms with Gasteiger partial charge in [0, 0.05) is 67.4 Å². The highest BCUT2D eigenvalue weighted by atomic mass is 16.5. The van der Waals surface area contributed by atoms with Crippen LogP contribution in [0.15, 0.2) is 83.4 Å². The van der Waals surface area contributed by atoms with Crippen molar-refractivity contribution in [3.05, 3.63) is 101 Å². The predicted octanol–water partition coefficient (Wildman–Crippen LogP) is 5.75. The van der Waals surface area contributed by atoms with Crippen molar-refractivity contribution in [1.82, 2.24) is 9.80 Å². The lowest BCUT2D eigenvalue weighted by molar-refractivity contribution is -0.145. The average molecular weight is 622 g/mol. The molecule has 0 aromatic heterocycles. The molecule has 3 N–H and O–H groups in total. The molecule has 1 fully saturated rings. The van der Waals surface area contributed by atoms with Crippen LogP contribution in [-0.2, 0) is 20.9 Å². The number of nitrogens with two attached hydrogens (primary N) is 1. The number of carbonyl (C=O) groups is 3. The van der Waals surface area contributed by atoms with Crippen molar-refractivity contribution in [2.45, 2.75) is 45.6 Å². The Morgan fingerprint density at radius 1 is 0.978 bits per heavy atom. The molecule has 2 atom stereocenters. The SMILES string of the molecule is CCCN(CCC)C(=O)C1=Cc2ccc(C(=O)Nc3ccc([C@H]4CN(Cc5ccccc5)C[C@@H]4C(=O)OC)cc3)cc2N=C(N)C1. The summed E-state index contributed by atoms with van der Waals surface area (Å²) >= 11 is 0. The summed E-state index contributed by atoms with van der Waals surface area (Å²) in [6.45, 7) is 7.60. The van der Waals surface area contributed by atoms with Crippen molar-refractivity contribution >= 4 is 41.1 Å². The van der Waals surface area contributed by atoms with Crippen LogP contribution < -0.4 is 11.1 Å². The van der Waals surface area contributed by atoms with Crippen molar-refractivity contribution in [2.75, 3.05) is 38.6 Å². The molecule has 3 aromatic rings. The summed E-state index contributed by atoms with van der Waals surface area (Å²) in [5, 5.41) is 2.97. The number of nitrogens with zero attached hydrogens (tertiary/aromatic N) is 3. The normalized spacial score (nSPS) is 17.7. The van der Waals surface area contributed by atoms with E-state index in [1.54, 1.807) is 18.2 Å². The molecule has 0 unspecified atom stereocenters. The summed E-state index contributed by atoms with van der Waals surface area (Å²) in [4.78, 5) is 47.9. The molecule has 0 radical (unpaired) electrons. The molecule has 0 spiro atoms. The van der Waals surface area contributed by atoms with Gasteiger partial charge in [0.2, 0.25) is 5.91 Å². The Balaban J connectivity index is 1.28. The molecule has 0 saturated carbocycles. The Labute approximate surface area is 271 Å². The zero-order chi connectivity index (χ0) is 32.6. The van der Waals surface area contributed by atoms with Crippen molar-refractivity contribution < 1.29 is 19.1 Å². The fraction of sp³-hybridized carbons (Fsp3) is 0.351. The number of carbonyl (C=O) groups excluding carboxylic acids is 3. The number of amides is 2. The van der Waals surface area contributed by atoms with E-state index in [1.165, 1.54) is 12.7 Å². The third-order valence-electron chi connectivity index (χ3n) is 8.55. The van der Waals surface area contributed by atoms with Gasteiger partial charge in [-0.25, -0.2) is 4.99 Å². The minimum Gasteiger partial charge on any atom is -0.469 e. The number of amidine groups is 1. The van der Waals surface area contributed by atoms with Gasteiger partial charge >= 0.3 is 5.97 Å². The van der Waals surface area contributed by atoms with Gasteiger partial charge in [-0.2, -0.15) is 0 Å². The lowest BCUT2D eigenvalue weighted by Crippen LogP contribution is -2.34. The topological polar surface area (TPSA) is 117 Å². The van der Waals surface area contributed by atoms with Gasteiger partial charge in [-0.05, 0) is 54.3 Å². The van der Waals surface area contributed by atoms with Crippen LogP contribution in [0.1, 0.15) is 66.1 Å². The number of fused-ring (bicyclic) bond motifs is 1. The van der Waals surface area contributed by atoms with Gasteiger partial charge in [0.25, 0.3) is 5.91 Å². The lowest BCUT2D eigenvalue weighted by Gasteiger charge is -2.22. The van der Waals surface area contributed by atoms with Crippen LogP contribution in [0.2, 0.25) is 0 Å². The molecular formula is C37H43N5O4. The van der Waals surface area contributed by atoms with E-state index in [1.807, 2.05) is 53.4 Å². The van der Waals surface area contributed by atoms with Gasteiger partial charge in [0.05, 0.1) is 18.7 Å². The smallest absolute Gasteiger partial charge is 0.310 e. The minimum absolute atomic E-state index is 0.0188. The summed E-state index contributed by atoms with van der Waals surface area (Å²) in [6, 6.07) is 23.1. The van der Waals surface area contributed by atoms with Crippen LogP contribution in [0.4, 0.5) is 11.4 Å². The molecule has 240 valence electrons. The number of anilines is 1. The highest BCUT2D eigenvalue weighted by Gasteiger charge is 2.39. The Morgan fingerprint density at radius 3 is 2.37 bits per heavy atom. The number of rotatable bonds is 11. The van der Waals surface area contributed by atoms with Crippen LogP contribution in [0, 0.1) is 5.92 Å². The van der Waals surface area contributed by atoms with Gasteiger partial charge in [0.15, 0.2) is 0 Å². The zero-order valence-electron chi connectivity index (χ0n) is 26.9. The number of esters is 1. The van der Waals surface area contributed by atoms with Crippen LogP contribution in [0.25, 0.3) is 6.08 Å². The Bertz CT molecular complexity index is 1610. The maximum Gasteiger partial charge on any atom is 0.310 e. The molecule has 5 rings (SSSR count). The molecule has 2 heterocycles. The standard InChI is InChI=1S/C37H43N5O4/c1-4-17-42(18-5-2)36(44)29-19-27-11-12-28(20-33(27)40-34(38)21-29)35(43)39-30-15-13-26(14-16-30)31-23-41(24-32(31)37(45)46-3)22-25-9-7-6-8-10-25/h6-16,19-20,31-32H,4-5,17-18,21-24H2,1-3H3,(H2,38,40)(H,39,43)/t31-,32+/m1/s1. The summed E-state index contributed by atoms with van der Waals surface area (Å²) in [7, 11) is 1.43. The van der Waals surface area contributed by atoms with Gasteiger partial charge in [-0.15, -0.1) is 0 Å². The van der Waals surface area contributed by atoms with E-state index in [-0.39, 0.29) is 36.0 Å². The summed E-state index contributed by atoms with van der Waals surface area (Å²) in [5.41, 5.74) is 11.4. The first-order chi connectivity index (χ1) is 22.3.